The Hall–Kier alpha value is -3.07. The van der Waals surface area contributed by atoms with Gasteiger partial charge in [0.1, 0.15) is 6.04 Å². The number of hydrogen-bond acceptors (Lipinski definition) is 4. The number of carbonyl (C=O) groups excluding carboxylic acids is 2. The smallest absolute Gasteiger partial charge is 0.243 e. The number of sulfonamides is 1. The highest BCUT2D eigenvalue weighted by Gasteiger charge is 2.31. The zero-order chi connectivity index (χ0) is 31.0. The van der Waals surface area contributed by atoms with Crippen molar-refractivity contribution in [1.29, 1.82) is 0 Å². The summed E-state index contributed by atoms with van der Waals surface area (Å²) in [5.41, 5.74) is 4.07. The van der Waals surface area contributed by atoms with Gasteiger partial charge in [0.25, 0.3) is 0 Å². The topological polar surface area (TPSA) is 86.8 Å². The number of carbonyl (C=O) groups is 2. The lowest BCUT2D eigenvalue weighted by Gasteiger charge is -2.32. The molecule has 226 valence electrons. The second kappa shape index (κ2) is 14.9. The van der Waals surface area contributed by atoms with Crippen LogP contribution >= 0.6 is 23.2 Å². The van der Waals surface area contributed by atoms with Crippen molar-refractivity contribution in [1.82, 2.24) is 10.2 Å². The lowest BCUT2D eigenvalue weighted by Crippen LogP contribution is -2.51. The van der Waals surface area contributed by atoms with Gasteiger partial charge < -0.3 is 10.2 Å². The van der Waals surface area contributed by atoms with E-state index in [1.165, 1.54) is 10.6 Å². The van der Waals surface area contributed by atoms with E-state index in [1.807, 2.05) is 70.2 Å². The Kier molecular flexibility index (Phi) is 11.9. The molecule has 0 aliphatic heterocycles. The summed E-state index contributed by atoms with van der Waals surface area (Å²) in [4.78, 5) is 29.0. The van der Waals surface area contributed by atoms with Crippen LogP contribution in [0.15, 0.2) is 66.7 Å². The summed E-state index contributed by atoms with van der Waals surface area (Å²) in [7, 11) is -3.60. The Morgan fingerprint density at radius 1 is 0.905 bits per heavy atom. The van der Waals surface area contributed by atoms with E-state index in [-0.39, 0.29) is 43.8 Å². The fraction of sp³-hybridized carbons (Fsp3) is 0.375. The van der Waals surface area contributed by atoms with Gasteiger partial charge in [-0.3, -0.25) is 13.9 Å². The third-order valence-corrected chi connectivity index (χ3v) is 8.95. The summed E-state index contributed by atoms with van der Waals surface area (Å²) < 4.78 is 26.9. The van der Waals surface area contributed by atoms with Crippen LogP contribution < -0.4 is 9.62 Å². The standard InChI is InChI=1S/C32H39Cl2N3O4S/c1-22(2)35-32(39)30(20-25-12-7-6-8-13-25)36(21-26-16-17-27(33)28(34)19-26)31(38)15-10-18-37(42(5,40)41)29-14-9-11-23(3)24(29)4/h6-9,11-14,16-17,19,22,30H,10,15,18,20-21H2,1-5H3,(H,35,39). The van der Waals surface area contributed by atoms with Gasteiger partial charge in [-0.25, -0.2) is 8.42 Å². The van der Waals surface area contributed by atoms with E-state index in [1.54, 1.807) is 29.2 Å². The Labute approximate surface area is 259 Å². The summed E-state index contributed by atoms with van der Waals surface area (Å²) in [5, 5.41) is 3.71. The largest absolute Gasteiger partial charge is 0.352 e. The van der Waals surface area contributed by atoms with Crippen LogP contribution in [-0.4, -0.2) is 50.0 Å². The Morgan fingerprint density at radius 3 is 2.21 bits per heavy atom. The monoisotopic (exact) mass is 631 g/mol. The molecule has 0 aromatic heterocycles. The van der Waals surface area contributed by atoms with Gasteiger partial charge in [-0.15, -0.1) is 0 Å². The van der Waals surface area contributed by atoms with Gasteiger partial charge in [-0.2, -0.15) is 0 Å². The van der Waals surface area contributed by atoms with Gasteiger partial charge in [-0.1, -0.05) is 71.7 Å². The highest BCUT2D eigenvalue weighted by molar-refractivity contribution is 7.92. The molecule has 1 atom stereocenters. The minimum atomic E-state index is -3.60. The lowest BCUT2D eigenvalue weighted by atomic mass is 10.0. The zero-order valence-corrected chi connectivity index (χ0v) is 27.1. The molecule has 1 N–H and O–H groups in total. The molecule has 0 aliphatic rings. The first-order valence-corrected chi connectivity index (χ1v) is 16.5. The maximum Gasteiger partial charge on any atom is 0.243 e. The van der Waals surface area contributed by atoms with Crippen LogP contribution in [0.1, 0.15) is 48.9 Å². The van der Waals surface area contributed by atoms with Crippen LogP contribution in [-0.2, 0) is 32.6 Å². The van der Waals surface area contributed by atoms with Gasteiger partial charge in [0.15, 0.2) is 0 Å². The molecular weight excluding hydrogens is 593 g/mol. The van der Waals surface area contributed by atoms with E-state index in [0.717, 1.165) is 22.3 Å². The number of anilines is 1. The number of amides is 2. The number of halogens is 2. The Morgan fingerprint density at radius 2 is 1.60 bits per heavy atom. The van der Waals surface area contributed by atoms with Crippen LogP contribution in [0.3, 0.4) is 0 Å². The van der Waals surface area contributed by atoms with Crippen LogP contribution in [0, 0.1) is 13.8 Å². The molecule has 3 aromatic carbocycles. The highest BCUT2D eigenvalue weighted by atomic mass is 35.5. The third-order valence-electron chi connectivity index (χ3n) is 7.04. The van der Waals surface area contributed by atoms with Crippen molar-refractivity contribution >= 4 is 50.7 Å². The van der Waals surface area contributed by atoms with Gasteiger partial charge in [0.05, 0.1) is 22.0 Å². The fourth-order valence-electron chi connectivity index (χ4n) is 4.76. The third kappa shape index (κ3) is 9.21. The van der Waals surface area contributed by atoms with Crippen LogP contribution in [0.5, 0.6) is 0 Å². The molecule has 0 saturated carbocycles. The molecule has 0 fully saturated rings. The number of nitrogens with zero attached hydrogens (tertiary/aromatic N) is 2. The predicted octanol–water partition coefficient (Wildman–Crippen LogP) is 6.32. The molecule has 2 amide bonds. The van der Waals surface area contributed by atoms with Crippen molar-refractivity contribution in [3.63, 3.8) is 0 Å². The van der Waals surface area contributed by atoms with Crippen molar-refractivity contribution in [3.05, 3.63) is 99.0 Å². The average molecular weight is 633 g/mol. The fourth-order valence-corrected chi connectivity index (χ4v) is 6.09. The summed E-state index contributed by atoms with van der Waals surface area (Å²) >= 11 is 12.4. The van der Waals surface area contributed by atoms with E-state index < -0.39 is 16.1 Å². The molecule has 3 aromatic rings. The van der Waals surface area contributed by atoms with E-state index in [9.17, 15) is 18.0 Å². The number of rotatable bonds is 13. The number of hydrogen-bond donors (Lipinski definition) is 1. The first-order valence-electron chi connectivity index (χ1n) is 13.9. The van der Waals surface area contributed by atoms with Crippen LogP contribution in [0.2, 0.25) is 10.0 Å². The number of benzene rings is 3. The SMILES string of the molecule is Cc1cccc(N(CCCC(=O)N(Cc2ccc(Cl)c(Cl)c2)C(Cc2ccccc2)C(=O)NC(C)C)S(C)(=O)=O)c1C. The van der Waals surface area contributed by atoms with E-state index in [4.69, 9.17) is 23.2 Å². The van der Waals surface area contributed by atoms with Gasteiger partial charge in [0.2, 0.25) is 21.8 Å². The van der Waals surface area contributed by atoms with E-state index in [0.29, 0.717) is 22.2 Å². The molecule has 3 rings (SSSR count). The minimum absolute atomic E-state index is 0.0401. The Balaban J connectivity index is 1.92. The predicted molar refractivity (Wildman–Crippen MR) is 172 cm³/mol. The van der Waals surface area contributed by atoms with Crippen molar-refractivity contribution in [2.75, 3.05) is 17.1 Å². The quantitative estimate of drug-likeness (QED) is 0.239. The van der Waals surface area contributed by atoms with Crippen molar-refractivity contribution < 1.29 is 18.0 Å². The maximum atomic E-state index is 13.9. The maximum absolute atomic E-state index is 13.9. The first kappa shape index (κ1) is 33.4. The van der Waals surface area contributed by atoms with Crippen molar-refractivity contribution in [2.24, 2.45) is 0 Å². The lowest BCUT2D eigenvalue weighted by molar-refractivity contribution is -0.141. The van der Waals surface area contributed by atoms with E-state index >= 15 is 0 Å². The molecule has 1 unspecified atom stereocenters. The van der Waals surface area contributed by atoms with Gasteiger partial charge >= 0.3 is 0 Å². The van der Waals surface area contributed by atoms with Crippen molar-refractivity contribution in [2.45, 2.75) is 65.6 Å². The minimum Gasteiger partial charge on any atom is -0.352 e. The molecular formula is C32H39Cl2N3O4S. The van der Waals surface area contributed by atoms with E-state index in [2.05, 4.69) is 5.32 Å². The Bertz CT molecular complexity index is 1500. The molecule has 0 bridgehead atoms. The first-order chi connectivity index (χ1) is 19.8. The van der Waals surface area contributed by atoms with Gasteiger partial charge in [-0.05, 0) is 74.6 Å². The second-order valence-electron chi connectivity index (χ2n) is 10.8. The molecule has 0 radical (unpaired) electrons. The number of nitrogens with one attached hydrogen (secondary N) is 1. The summed E-state index contributed by atoms with van der Waals surface area (Å²) in [6.07, 6.45) is 1.78. The zero-order valence-electron chi connectivity index (χ0n) is 24.7. The second-order valence-corrected chi connectivity index (χ2v) is 13.5. The molecule has 0 heterocycles. The normalized spacial score (nSPS) is 12.2. The molecule has 0 spiro atoms. The van der Waals surface area contributed by atoms with Crippen LogP contribution in [0.25, 0.3) is 0 Å². The molecule has 10 heteroatoms. The molecule has 0 saturated heterocycles. The van der Waals surface area contributed by atoms with Crippen LogP contribution in [0.4, 0.5) is 5.69 Å². The number of aryl methyl sites for hydroxylation is 1. The molecule has 0 aliphatic carbocycles. The molecule has 42 heavy (non-hydrogen) atoms. The highest BCUT2D eigenvalue weighted by Crippen LogP contribution is 2.27. The summed E-state index contributed by atoms with van der Waals surface area (Å²) in [6.45, 7) is 7.81. The molecule has 7 nitrogen and oxygen atoms in total. The summed E-state index contributed by atoms with van der Waals surface area (Å²) in [6, 6.07) is 19.3. The van der Waals surface area contributed by atoms with Crippen molar-refractivity contribution in [3.8, 4) is 0 Å². The summed E-state index contributed by atoms with van der Waals surface area (Å²) in [5.74, 6) is -0.536. The average Bonchev–Trinajstić information content (AvgIpc) is 2.92. The van der Waals surface area contributed by atoms with Gasteiger partial charge in [0, 0.05) is 32.0 Å².